The second-order valence-corrected chi connectivity index (χ2v) is 7.31. The lowest BCUT2D eigenvalue weighted by Crippen LogP contribution is -2.25. The van der Waals surface area contributed by atoms with Crippen LogP contribution in [-0.2, 0) is 11.3 Å². The van der Waals surface area contributed by atoms with Crippen molar-refractivity contribution in [1.82, 2.24) is 9.55 Å². The summed E-state index contributed by atoms with van der Waals surface area (Å²) in [5, 5.41) is 0. The monoisotopic (exact) mass is 347 g/mol. The van der Waals surface area contributed by atoms with Crippen LogP contribution in [0.4, 0.5) is 5.69 Å². The molecule has 0 saturated carbocycles. The number of anilines is 1. The number of aryl methyl sites for hydroxylation is 3. The number of carbonyl (C=O) groups excluding carboxylic acids is 1. The van der Waals surface area contributed by atoms with Gasteiger partial charge in [0.05, 0.1) is 11.0 Å². The van der Waals surface area contributed by atoms with Gasteiger partial charge in [-0.2, -0.15) is 0 Å². The Labute approximate surface area is 154 Å². The minimum atomic E-state index is 0.141. The number of amides is 1. The summed E-state index contributed by atoms with van der Waals surface area (Å²) in [4.78, 5) is 19.6. The van der Waals surface area contributed by atoms with Crippen molar-refractivity contribution in [2.24, 2.45) is 0 Å². The molecule has 4 nitrogen and oxygen atoms in total. The van der Waals surface area contributed by atoms with Gasteiger partial charge in [0.25, 0.3) is 0 Å². The van der Waals surface area contributed by atoms with Crippen LogP contribution >= 0.6 is 0 Å². The molecule has 0 aliphatic carbocycles. The van der Waals surface area contributed by atoms with Gasteiger partial charge in [0.2, 0.25) is 5.91 Å². The molecule has 0 N–H and O–H groups in total. The van der Waals surface area contributed by atoms with E-state index in [0.29, 0.717) is 13.0 Å². The summed E-state index contributed by atoms with van der Waals surface area (Å²) >= 11 is 0. The van der Waals surface area contributed by atoms with Gasteiger partial charge in [-0.25, -0.2) is 4.98 Å². The topological polar surface area (TPSA) is 38.1 Å². The van der Waals surface area contributed by atoms with E-state index in [1.165, 1.54) is 11.1 Å². The molecule has 1 atom stereocenters. The third kappa shape index (κ3) is 2.79. The van der Waals surface area contributed by atoms with Crippen LogP contribution in [0.25, 0.3) is 11.0 Å². The lowest BCUT2D eigenvalue weighted by Gasteiger charge is -2.20. The van der Waals surface area contributed by atoms with Gasteiger partial charge in [-0.05, 0) is 44.0 Å². The van der Waals surface area contributed by atoms with E-state index in [2.05, 4.69) is 61.7 Å². The standard InChI is InChI=1S/C22H25N3O/c1-4-11-24-20-8-6-5-7-18(20)23-22(24)17-13-21(26)25(14-17)19-10-9-15(2)12-16(19)3/h5-10,12,17H,4,11,13-14H2,1-3H3/t17-/m0/s1. The highest BCUT2D eigenvalue weighted by Gasteiger charge is 2.35. The molecule has 0 radical (unpaired) electrons. The molecular weight excluding hydrogens is 322 g/mol. The van der Waals surface area contributed by atoms with Crippen molar-refractivity contribution in [2.45, 2.75) is 46.1 Å². The fourth-order valence-corrected chi connectivity index (χ4v) is 4.09. The molecule has 1 saturated heterocycles. The summed E-state index contributed by atoms with van der Waals surface area (Å²) < 4.78 is 2.30. The van der Waals surface area contributed by atoms with Crippen LogP contribution in [0.1, 0.15) is 42.6 Å². The molecule has 134 valence electrons. The zero-order chi connectivity index (χ0) is 18.3. The number of hydrogen-bond donors (Lipinski definition) is 0. The number of hydrogen-bond acceptors (Lipinski definition) is 2. The number of carbonyl (C=O) groups is 1. The minimum Gasteiger partial charge on any atom is -0.328 e. The summed E-state index contributed by atoms with van der Waals surface area (Å²) in [6.45, 7) is 7.98. The van der Waals surface area contributed by atoms with E-state index in [0.717, 1.165) is 35.6 Å². The van der Waals surface area contributed by atoms with E-state index in [-0.39, 0.29) is 11.8 Å². The molecule has 0 spiro atoms. The van der Waals surface area contributed by atoms with Gasteiger partial charge in [0, 0.05) is 31.1 Å². The van der Waals surface area contributed by atoms with E-state index >= 15 is 0 Å². The number of fused-ring (bicyclic) bond motifs is 1. The van der Waals surface area contributed by atoms with Crippen LogP contribution in [0.15, 0.2) is 42.5 Å². The molecule has 4 heteroatoms. The van der Waals surface area contributed by atoms with Crippen molar-refractivity contribution in [1.29, 1.82) is 0 Å². The molecular formula is C22H25N3O. The first-order valence-electron chi connectivity index (χ1n) is 9.41. The van der Waals surface area contributed by atoms with Crippen LogP contribution in [-0.4, -0.2) is 22.0 Å². The van der Waals surface area contributed by atoms with E-state index < -0.39 is 0 Å². The summed E-state index contributed by atoms with van der Waals surface area (Å²) in [7, 11) is 0. The van der Waals surface area contributed by atoms with Gasteiger partial charge in [-0.1, -0.05) is 36.8 Å². The SMILES string of the molecule is CCCn1c([C@H]2CC(=O)N(c3ccc(C)cc3C)C2)nc2ccccc21. The van der Waals surface area contributed by atoms with Gasteiger partial charge in [0.1, 0.15) is 5.82 Å². The van der Waals surface area contributed by atoms with Crippen molar-refractivity contribution in [2.75, 3.05) is 11.4 Å². The molecule has 1 aromatic heterocycles. The Kier molecular flexibility index (Phi) is 4.27. The summed E-state index contributed by atoms with van der Waals surface area (Å²) in [6.07, 6.45) is 1.58. The average Bonchev–Trinajstić information content (AvgIpc) is 3.17. The van der Waals surface area contributed by atoms with E-state index in [9.17, 15) is 4.79 Å². The normalized spacial score (nSPS) is 17.4. The van der Waals surface area contributed by atoms with Gasteiger partial charge in [-0.15, -0.1) is 0 Å². The minimum absolute atomic E-state index is 0.141. The van der Waals surface area contributed by atoms with E-state index in [1.807, 2.05) is 11.0 Å². The van der Waals surface area contributed by atoms with Crippen molar-refractivity contribution >= 4 is 22.6 Å². The Hall–Kier alpha value is -2.62. The first-order valence-corrected chi connectivity index (χ1v) is 9.41. The predicted molar refractivity (Wildman–Crippen MR) is 106 cm³/mol. The smallest absolute Gasteiger partial charge is 0.227 e. The maximum Gasteiger partial charge on any atom is 0.227 e. The number of para-hydroxylation sites is 2. The Bertz CT molecular complexity index is 973. The molecule has 1 fully saturated rings. The van der Waals surface area contributed by atoms with Crippen LogP contribution in [0.2, 0.25) is 0 Å². The maximum absolute atomic E-state index is 12.8. The zero-order valence-electron chi connectivity index (χ0n) is 15.7. The molecule has 1 aliphatic rings. The Morgan fingerprint density at radius 3 is 2.73 bits per heavy atom. The Balaban J connectivity index is 1.71. The molecule has 26 heavy (non-hydrogen) atoms. The highest BCUT2D eigenvalue weighted by Crippen LogP contribution is 2.34. The number of rotatable bonds is 4. The lowest BCUT2D eigenvalue weighted by molar-refractivity contribution is -0.117. The molecule has 0 bridgehead atoms. The molecule has 4 rings (SSSR count). The Morgan fingerprint density at radius 1 is 1.15 bits per heavy atom. The number of benzene rings is 2. The first kappa shape index (κ1) is 16.8. The summed E-state index contributed by atoms with van der Waals surface area (Å²) in [5.74, 6) is 1.38. The molecule has 2 aromatic carbocycles. The predicted octanol–water partition coefficient (Wildman–Crippen LogP) is 4.58. The van der Waals surface area contributed by atoms with Gasteiger partial charge in [0.15, 0.2) is 0 Å². The van der Waals surface area contributed by atoms with Crippen molar-refractivity contribution in [3.63, 3.8) is 0 Å². The molecule has 1 aliphatic heterocycles. The first-order chi connectivity index (χ1) is 12.6. The molecule has 1 amide bonds. The van der Waals surface area contributed by atoms with Crippen molar-refractivity contribution < 1.29 is 4.79 Å². The van der Waals surface area contributed by atoms with E-state index in [4.69, 9.17) is 4.98 Å². The molecule has 2 heterocycles. The Morgan fingerprint density at radius 2 is 1.96 bits per heavy atom. The van der Waals surface area contributed by atoms with Gasteiger partial charge >= 0.3 is 0 Å². The summed E-state index contributed by atoms with van der Waals surface area (Å²) in [5.41, 5.74) is 5.59. The van der Waals surface area contributed by atoms with Gasteiger partial charge < -0.3 is 9.47 Å². The summed E-state index contributed by atoms with van der Waals surface area (Å²) in [6, 6.07) is 14.6. The quantitative estimate of drug-likeness (QED) is 0.693. The van der Waals surface area contributed by atoms with Crippen LogP contribution in [0.3, 0.4) is 0 Å². The fourth-order valence-electron chi connectivity index (χ4n) is 4.09. The largest absolute Gasteiger partial charge is 0.328 e. The average molecular weight is 347 g/mol. The van der Waals surface area contributed by atoms with Gasteiger partial charge in [-0.3, -0.25) is 4.79 Å². The third-order valence-corrected chi connectivity index (χ3v) is 5.26. The lowest BCUT2D eigenvalue weighted by atomic mass is 10.1. The molecule has 0 unspecified atom stereocenters. The van der Waals surface area contributed by atoms with Crippen LogP contribution in [0, 0.1) is 13.8 Å². The number of nitrogens with zero attached hydrogens (tertiary/aromatic N) is 3. The number of imidazole rings is 1. The maximum atomic E-state index is 12.8. The van der Waals surface area contributed by atoms with Crippen molar-refractivity contribution in [3.05, 3.63) is 59.4 Å². The highest BCUT2D eigenvalue weighted by atomic mass is 16.2. The molecule has 3 aromatic rings. The fraction of sp³-hybridized carbons (Fsp3) is 0.364. The third-order valence-electron chi connectivity index (χ3n) is 5.26. The van der Waals surface area contributed by atoms with Crippen LogP contribution in [0.5, 0.6) is 0 Å². The second-order valence-electron chi connectivity index (χ2n) is 7.31. The zero-order valence-corrected chi connectivity index (χ0v) is 15.7. The second kappa shape index (κ2) is 6.60. The number of aromatic nitrogens is 2. The van der Waals surface area contributed by atoms with Crippen molar-refractivity contribution in [3.8, 4) is 0 Å². The van der Waals surface area contributed by atoms with E-state index in [1.54, 1.807) is 0 Å². The van der Waals surface area contributed by atoms with Crippen LogP contribution < -0.4 is 4.90 Å². The highest BCUT2D eigenvalue weighted by molar-refractivity contribution is 5.97.